The van der Waals surface area contributed by atoms with Gasteiger partial charge in [0.05, 0.1) is 5.69 Å². The van der Waals surface area contributed by atoms with E-state index < -0.39 is 0 Å². The van der Waals surface area contributed by atoms with Crippen molar-refractivity contribution in [1.82, 2.24) is 9.97 Å². The van der Waals surface area contributed by atoms with E-state index in [4.69, 9.17) is 5.73 Å². The summed E-state index contributed by atoms with van der Waals surface area (Å²) in [6.45, 7) is 1.99. The number of nitrogen functional groups attached to an aromatic ring is 1. The monoisotopic (exact) mass is 282 g/mol. The molecule has 0 aliphatic carbocycles. The number of aryl methyl sites for hydroxylation is 1. The minimum Gasteiger partial charge on any atom is -0.398 e. The Morgan fingerprint density at radius 2 is 1.95 bits per heavy atom. The zero-order chi connectivity index (χ0) is 13.9. The smallest absolute Gasteiger partial charge is 0.187 e. The van der Waals surface area contributed by atoms with E-state index in [2.05, 4.69) is 15.3 Å². The van der Waals surface area contributed by atoms with Crippen molar-refractivity contribution in [2.75, 3.05) is 11.1 Å². The van der Waals surface area contributed by atoms with Gasteiger partial charge in [-0.1, -0.05) is 6.07 Å². The highest BCUT2D eigenvalue weighted by Gasteiger charge is 2.05. The van der Waals surface area contributed by atoms with E-state index in [1.165, 1.54) is 0 Å². The van der Waals surface area contributed by atoms with Crippen LogP contribution in [-0.2, 0) is 0 Å². The molecule has 2 aromatic heterocycles. The van der Waals surface area contributed by atoms with E-state index in [9.17, 15) is 0 Å². The second kappa shape index (κ2) is 5.30. The summed E-state index contributed by atoms with van der Waals surface area (Å²) in [7, 11) is 0. The molecule has 20 heavy (non-hydrogen) atoms. The molecule has 0 amide bonds. The summed E-state index contributed by atoms with van der Waals surface area (Å²) in [5, 5.41) is 6.14. The van der Waals surface area contributed by atoms with Crippen LogP contribution in [0, 0.1) is 6.92 Å². The first-order chi connectivity index (χ1) is 9.72. The third-order valence-corrected chi connectivity index (χ3v) is 3.77. The van der Waals surface area contributed by atoms with Crippen LogP contribution in [0.3, 0.4) is 0 Å². The highest BCUT2D eigenvalue weighted by molar-refractivity contribution is 7.14. The molecule has 3 N–H and O–H groups in total. The van der Waals surface area contributed by atoms with Crippen molar-refractivity contribution in [3.05, 3.63) is 53.7 Å². The summed E-state index contributed by atoms with van der Waals surface area (Å²) >= 11 is 1.57. The van der Waals surface area contributed by atoms with E-state index >= 15 is 0 Å². The van der Waals surface area contributed by atoms with Crippen molar-refractivity contribution < 1.29 is 0 Å². The van der Waals surface area contributed by atoms with Gasteiger partial charge >= 0.3 is 0 Å². The van der Waals surface area contributed by atoms with E-state index in [-0.39, 0.29) is 0 Å². The molecule has 0 unspecified atom stereocenters. The lowest BCUT2D eigenvalue weighted by Crippen LogP contribution is -1.94. The number of hydrogen-bond donors (Lipinski definition) is 2. The molecule has 4 nitrogen and oxygen atoms in total. The number of anilines is 3. The Labute approximate surface area is 121 Å². The van der Waals surface area contributed by atoms with E-state index in [0.29, 0.717) is 0 Å². The molecule has 0 bridgehead atoms. The lowest BCUT2D eigenvalue weighted by atomic mass is 10.2. The zero-order valence-corrected chi connectivity index (χ0v) is 11.8. The van der Waals surface area contributed by atoms with Crippen LogP contribution in [0.2, 0.25) is 0 Å². The number of nitrogens with one attached hydrogen (secondary N) is 1. The Balaban J connectivity index is 1.82. The van der Waals surface area contributed by atoms with Crippen LogP contribution in [0.15, 0.2) is 48.1 Å². The van der Waals surface area contributed by atoms with Crippen molar-refractivity contribution in [3.63, 3.8) is 0 Å². The second-order valence-electron chi connectivity index (χ2n) is 4.47. The predicted octanol–water partition coefficient (Wildman–Crippen LogP) is 3.84. The van der Waals surface area contributed by atoms with Crippen molar-refractivity contribution in [2.45, 2.75) is 6.92 Å². The van der Waals surface area contributed by atoms with Crippen LogP contribution in [0.4, 0.5) is 16.5 Å². The van der Waals surface area contributed by atoms with Gasteiger partial charge in [0.25, 0.3) is 0 Å². The van der Waals surface area contributed by atoms with Crippen LogP contribution in [0.5, 0.6) is 0 Å². The molecule has 0 saturated carbocycles. The highest BCUT2D eigenvalue weighted by atomic mass is 32.1. The summed E-state index contributed by atoms with van der Waals surface area (Å²) in [5.74, 6) is 0. The summed E-state index contributed by atoms with van der Waals surface area (Å²) in [5.41, 5.74) is 10.7. The molecular formula is C15H14N4S. The van der Waals surface area contributed by atoms with E-state index in [0.717, 1.165) is 33.3 Å². The number of nitrogens with zero attached hydrogens (tertiary/aromatic N) is 2. The first-order valence-electron chi connectivity index (χ1n) is 6.21. The second-order valence-corrected chi connectivity index (χ2v) is 5.33. The summed E-state index contributed by atoms with van der Waals surface area (Å²) in [4.78, 5) is 8.58. The molecule has 0 fully saturated rings. The maximum Gasteiger partial charge on any atom is 0.187 e. The number of pyridine rings is 1. The zero-order valence-electron chi connectivity index (χ0n) is 11.0. The highest BCUT2D eigenvalue weighted by Crippen LogP contribution is 2.27. The van der Waals surface area contributed by atoms with Gasteiger partial charge in [-0.3, -0.25) is 4.98 Å². The normalized spacial score (nSPS) is 10.4. The molecule has 0 aliphatic rings. The maximum absolute atomic E-state index is 5.91. The van der Waals surface area contributed by atoms with Gasteiger partial charge in [-0.05, 0) is 36.8 Å². The van der Waals surface area contributed by atoms with Crippen molar-refractivity contribution in [3.8, 4) is 11.3 Å². The molecular weight excluding hydrogens is 268 g/mol. The Morgan fingerprint density at radius 3 is 2.70 bits per heavy atom. The molecule has 0 radical (unpaired) electrons. The van der Waals surface area contributed by atoms with Crippen LogP contribution in [-0.4, -0.2) is 9.97 Å². The van der Waals surface area contributed by atoms with Gasteiger partial charge in [0.1, 0.15) is 0 Å². The fourth-order valence-electron chi connectivity index (χ4n) is 1.83. The molecule has 0 atom stereocenters. The molecule has 1 aromatic carbocycles. The molecule has 2 heterocycles. The van der Waals surface area contributed by atoms with Crippen LogP contribution < -0.4 is 11.1 Å². The average molecular weight is 282 g/mol. The Morgan fingerprint density at radius 1 is 1.15 bits per heavy atom. The average Bonchev–Trinajstić information content (AvgIpc) is 2.92. The first-order valence-corrected chi connectivity index (χ1v) is 7.09. The summed E-state index contributed by atoms with van der Waals surface area (Å²) < 4.78 is 0. The molecule has 3 aromatic rings. The SMILES string of the molecule is Cc1ccc(Nc2nc(-c3ccncc3)cs2)cc1N. The van der Waals surface area contributed by atoms with Gasteiger partial charge in [0.15, 0.2) is 5.13 Å². The molecule has 0 spiro atoms. The minimum atomic E-state index is 0.779. The van der Waals surface area contributed by atoms with Gasteiger partial charge in [-0.2, -0.15) is 0 Å². The molecule has 0 aliphatic heterocycles. The number of nitrogens with two attached hydrogens (primary N) is 1. The predicted molar refractivity (Wildman–Crippen MR) is 84.2 cm³/mol. The largest absolute Gasteiger partial charge is 0.398 e. The fraction of sp³-hybridized carbons (Fsp3) is 0.0667. The van der Waals surface area contributed by atoms with Crippen LogP contribution in [0.25, 0.3) is 11.3 Å². The maximum atomic E-state index is 5.91. The molecule has 5 heteroatoms. The lowest BCUT2D eigenvalue weighted by Gasteiger charge is -2.05. The molecule has 3 rings (SSSR count). The Hall–Kier alpha value is -2.40. The van der Waals surface area contributed by atoms with Gasteiger partial charge < -0.3 is 11.1 Å². The van der Waals surface area contributed by atoms with Crippen molar-refractivity contribution in [2.24, 2.45) is 0 Å². The number of benzene rings is 1. The number of rotatable bonds is 3. The standard InChI is InChI=1S/C15H14N4S/c1-10-2-3-12(8-13(10)16)18-15-19-14(9-20-15)11-4-6-17-7-5-11/h2-9H,16H2,1H3,(H,18,19). The van der Waals surface area contributed by atoms with Gasteiger partial charge in [-0.15, -0.1) is 11.3 Å². The number of aromatic nitrogens is 2. The first kappa shape index (κ1) is 12.6. The summed E-state index contributed by atoms with van der Waals surface area (Å²) in [6, 6.07) is 9.81. The Kier molecular flexibility index (Phi) is 3.35. The van der Waals surface area contributed by atoms with Gasteiger partial charge in [0, 0.05) is 34.7 Å². The van der Waals surface area contributed by atoms with Gasteiger partial charge in [0.2, 0.25) is 0 Å². The minimum absolute atomic E-state index is 0.779. The molecule has 100 valence electrons. The van der Waals surface area contributed by atoms with Crippen LogP contribution in [0.1, 0.15) is 5.56 Å². The van der Waals surface area contributed by atoms with Crippen molar-refractivity contribution in [1.29, 1.82) is 0 Å². The summed E-state index contributed by atoms with van der Waals surface area (Å²) in [6.07, 6.45) is 3.53. The van der Waals surface area contributed by atoms with Gasteiger partial charge in [-0.25, -0.2) is 4.98 Å². The van der Waals surface area contributed by atoms with E-state index in [1.807, 2.05) is 42.6 Å². The third kappa shape index (κ3) is 2.62. The van der Waals surface area contributed by atoms with Crippen LogP contribution >= 0.6 is 11.3 Å². The van der Waals surface area contributed by atoms with Crippen molar-refractivity contribution >= 4 is 27.8 Å². The van der Waals surface area contributed by atoms with E-state index in [1.54, 1.807) is 23.7 Å². The lowest BCUT2D eigenvalue weighted by molar-refractivity contribution is 1.31. The topological polar surface area (TPSA) is 63.8 Å². The quantitative estimate of drug-likeness (QED) is 0.716. The molecule has 0 saturated heterocycles. The third-order valence-electron chi connectivity index (χ3n) is 3.01. The number of hydrogen-bond acceptors (Lipinski definition) is 5. The Bertz CT molecular complexity index is 722. The fourth-order valence-corrected chi connectivity index (χ4v) is 2.57. The number of thiazole rings is 1.